The number of nitrogens with zero attached hydrogens (tertiary/aromatic N) is 1. The summed E-state index contributed by atoms with van der Waals surface area (Å²) in [6.45, 7) is 3.36. The largest absolute Gasteiger partial charge is 0.497 e. The van der Waals surface area contributed by atoms with Gasteiger partial charge in [0.15, 0.2) is 0 Å². The van der Waals surface area contributed by atoms with Gasteiger partial charge in [-0.1, -0.05) is 72.8 Å². The van der Waals surface area contributed by atoms with Crippen LogP contribution >= 0.6 is 0 Å². The predicted molar refractivity (Wildman–Crippen MR) is 136 cm³/mol. The summed E-state index contributed by atoms with van der Waals surface area (Å²) in [4.78, 5) is 6.45. The fourth-order valence-electron chi connectivity index (χ4n) is 5.61. The lowest BCUT2D eigenvalue weighted by Gasteiger charge is -2.40. The number of nitrogens with one attached hydrogen (secondary N) is 1. The molecule has 0 saturated heterocycles. The molecule has 0 saturated carbocycles. The highest BCUT2D eigenvalue weighted by Crippen LogP contribution is 2.43. The second-order valence-electron chi connectivity index (χ2n) is 8.97. The lowest BCUT2D eigenvalue weighted by atomic mass is 9.89. The lowest BCUT2D eigenvalue weighted by molar-refractivity contribution is 0.156. The van der Waals surface area contributed by atoms with E-state index in [0.717, 1.165) is 18.7 Å². The standard InChI is InChI=1S/C30H28N2O/c1-20(24-12-7-9-21-8-3-4-10-25(21)24)32-19-18-27-26-11-5-6-13-28(26)31-29(27)30(32)22-14-16-23(33-2)17-15-22/h3-17,20,30-31H,18-19H2,1-2H3/t20-,30-/m1/s1. The second-order valence-corrected chi connectivity index (χ2v) is 8.97. The molecule has 2 atom stereocenters. The average Bonchev–Trinajstić information content (AvgIpc) is 3.26. The number of ether oxygens (including phenoxy) is 1. The maximum Gasteiger partial charge on any atom is 0.118 e. The fourth-order valence-corrected chi connectivity index (χ4v) is 5.61. The van der Waals surface area contributed by atoms with Gasteiger partial charge in [-0.15, -0.1) is 0 Å². The summed E-state index contributed by atoms with van der Waals surface area (Å²) in [6.07, 6.45) is 1.04. The Morgan fingerprint density at radius 3 is 2.39 bits per heavy atom. The lowest BCUT2D eigenvalue weighted by Crippen LogP contribution is -2.38. The van der Waals surface area contributed by atoms with Crippen molar-refractivity contribution in [2.24, 2.45) is 0 Å². The Bertz CT molecular complexity index is 1430. The molecule has 6 rings (SSSR count). The molecule has 0 spiro atoms. The number of aromatic amines is 1. The van der Waals surface area contributed by atoms with Gasteiger partial charge >= 0.3 is 0 Å². The van der Waals surface area contributed by atoms with Gasteiger partial charge in [0.25, 0.3) is 0 Å². The van der Waals surface area contributed by atoms with Crippen LogP contribution in [0.25, 0.3) is 21.7 Å². The third-order valence-corrected chi connectivity index (χ3v) is 7.27. The molecule has 3 nitrogen and oxygen atoms in total. The van der Waals surface area contributed by atoms with Crippen LogP contribution in [0.1, 0.15) is 41.4 Å². The van der Waals surface area contributed by atoms with E-state index in [1.165, 1.54) is 44.1 Å². The van der Waals surface area contributed by atoms with Gasteiger partial charge in [-0.3, -0.25) is 4.90 Å². The van der Waals surface area contributed by atoms with Crippen molar-refractivity contribution in [3.8, 4) is 5.75 Å². The second kappa shape index (κ2) is 8.09. The van der Waals surface area contributed by atoms with Crippen molar-refractivity contribution in [2.75, 3.05) is 13.7 Å². The molecule has 0 aliphatic carbocycles. The molecule has 4 aromatic carbocycles. The summed E-state index contributed by atoms with van der Waals surface area (Å²) in [7, 11) is 1.72. The van der Waals surface area contributed by atoms with Crippen LogP contribution in [0.2, 0.25) is 0 Å². The van der Waals surface area contributed by atoms with E-state index in [0.29, 0.717) is 0 Å². The normalized spacial score (nSPS) is 17.2. The Balaban J connectivity index is 1.51. The first-order chi connectivity index (χ1) is 16.2. The van der Waals surface area contributed by atoms with Gasteiger partial charge < -0.3 is 9.72 Å². The van der Waals surface area contributed by atoms with Crippen molar-refractivity contribution < 1.29 is 4.74 Å². The van der Waals surface area contributed by atoms with Crippen LogP contribution in [-0.2, 0) is 6.42 Å². The quantitative estimate of drug-likeness (QED) is 0.330. The van der Waals surface area contributed by atoms with Crippen molar-refractivity contribution in [3.05, 3.63) is 113 Å². The number of aromatic nitrogens is 1. The summed E-state index contributed by atoms with van der Waals surface area (Å²) in [5.41, 5.74) is 6.66. The third-order valence-electron chi connectivity index (χ3n) is 7.27. The monoisotopic (exact) mass is 432 g/mol. The Morgan fingerprint density at radius 2 is 1.58 bits per heavy atom. The van der Waals surface area contributed by atoms with Crippen LogP contribution < -0.4 is 4.74 Å². The van der Waals surface area contributed by atoms with E-state index in [4.69, 9.17) is 4.74 Å². The average molecular weight is 433 g/mol. The van der Waals surface area contributed by atoms with Crippen molar-refractivity contribution in [2.45, 2.75) is 25.4 Å². The molecule has 1 aliphatic rings. The third kappa shape index (κ3) is 3.32. The van der Waals surface area contributed by atoms with Crippen LogP contribution in [0.15, 0.2) is 91.0 Å². The molecule has 1 N–H and O–H groups in total. The summed E-state index contributed by atoms with van der Waals surface area (Å²) < 4.78 is 5.44. The molecule has 0 unspecified atom stereocenters. The van der Waals surface area contributed by atoms with Crippen LogP contribution in [0.4, 0.5) is 0 Å². The SMILES string of the molecule is COc1ccc([C@@H]2c3[nH]c4ccccc4c3CCN2[C@H](C)c2cccc3ccccc23)cc1. The van der Waals surface area contributed by atoms with E-state index in [1.54, 1.807) is 7.11 Å². The number of hydrogen-bond acceptors (Lipinski definition) is 2. The molecule has 2 heterocycles. The highest BCUT2D eigenvalue weighted by molar-refractivity contribution is 5.87. The zero-order valence-corrected chi connectivity index (χ0v) is 19.1. The summed E-state index contributed by atoms with van der Waals surface area (Å²) in [6, 6.07) is 33.1. The summed E-state index contributed by atoms with van der Waals surface area (Å²) >= 11 is 0. The molecule has 0 fully saturated rings. The zero-order valence-electron chi connectivity index (χ0n) is 19.1. The van der Waals surface area contributed by atoms with Gasteiger partial charge in [0.2, 0.25) is 0 Å². The molecule has 0 bridgehead atoms. The molecular weight excluding hydrogens is 404 g/mol. The van der Waals surface area contributed by atoms with Gasteiger partial charge in [0.05, 0.1) is 13.2 Å². The zero-order chi connectivity index (χ0) is 22.4. The van der Waals surface area contributed by atoms with Gasteiger partial charge in [0.1, 0.15) is 5.75 Å². The van der Waals surface area contributed by atoms with Gasteiger partial charge in [-0.05, 0) is 59.0 Å². The molecule has 5 aromatic rings. The first kappa shape index (κ1) is 20.1. The van der Waals surface area contributed by atoms with Crippen molar-refractivity contribution >= 4 is 21.7 Å². The van der Waals surface area contributed by atoms with E-state index in [9.17, 15) is 0 Å². The minimum atomic E-state index is 0.154. The molecular formula is C30H28N2O. The number of rotatable bonds is 4. The number of para-hydroxylation sites is 1. The first-order valence-corrected chi connectivity index (χ1v) is 11.7. The highest BCUT2D eigenvalue weighted by Gasteiger charge is 2.35. The van der Waals surface area contributed by atoms with Crippen LogP contribution in [0.3, 0.4) is 0 Å². The number of benzene rings is 4. The number of fused-ring (bicyclic) bond motifs is 4. The molecule has 33 heavy (non-hydrogen) atoms. The minimum Gasteiger partial charge on any atom is -0.497 e. The first-order valence-electron chi connectivity index (χ1n) is 11.7. The number of H-pyrrole nitrogens is 1. The molecule has 0 radical (unpaired) electrons. The molecule has 3 heteroatoms. The molecule has 0 amide bonds. The Labute approximate surface area is 194 Å². The Hall–Kier alpha value is -3.56. The van der Waals surface area contributed by atoms with E-state index >= 15 is 0 Å². The maximum atomic E-state index is 5.44. The van der Waals surface area contributed by atoms with Crippen LogP contribution in [0.5, 0.6) is 5.75 Å². The summed E-state index contributed by atoms with van der Waals surface area (Å²) in [5.74, 6) is 0.889. The van der Waals surface area contributed by atoms with Gasteiger partial charge in [0, 0.05) is 29.2 Å². The smallest absolute Gasteiger partial charge is 0.118 e. The van der Waals surface area contributed by atoms with Crippen molar-refractivity contribution in [1.29, 1.82) is 0 Å². The van der Waals surface area contributed by atoms with Gasteiger partial charge in [-0.25, -0.2) is 0 Å². The van der Waals surface area contributed by atoms with Crippen molar-refractivity contribution in [1.82, 2.24) is 9.88 Å². The Morgan fingerprint density at radius 1 is 0.848 bits per heavy atom. The molecule has 1 aromatic heterocycles. The topological polar surface area (TPSA) is 28.3 Å². The van der Waals surface area contributed by atoms with Crippen LogP contribution in [-0.4, -0.2) is 23.5 Å². The Kier molecular flexibility index (Phi) is 4.92. The maximum absolute atomic E-state index is 5.44. The van der Waals surface area contributed by atoms with E-state index in [1.807, 2.05) is 0 Å². The van der Waals surface area contributed by atoms with Gasteiger partial charge in [-0.2, -0.15) is 0 Å². The number of methoxy groups -OCH3 is 1. The minimum absolute atomic E-state index is 0.154. The van der Waals surface area contributed by atoms with Crippen molar-refractivity contribution in [3.63, 3.8) is 0 Å². The molecule has 164 valence electrons. The van der Waals surface area contributed by atoms with E-state index in [2.05, 4.69) is 108 Å². The molecule has 1 aliphatic heterocycles. The summed E-state index contributed by atoms with van der Waals surface area (Å²) in [5, 5.41) is 3.98. The fraction of sp³-hybridized carbons (Fsp3) is 0.200. The van der Waals surface area contributed by atoms with Crippen LogP contribution in [0, 0.1) is 0 Å². The number of hydrogen-bond donors (Lipinski definition) is 1. The van der Waals surface area contributed by atoms with E-state index in [-0.39, 0.29) is 12.1 Å². The predicted octanol–water partition coefficient (Wildman–Crippen LogP) is 7.04. The highest BCUT2D eigenvalue weighted by atomic mass is 16.5. The van der Waals surface area contributed by atoms with E-state index < -0.39 is 0 Å².